The van der Waals surface area contributed by atoms with Crippen LogP contribution in [0.2, 0.25) is 10.0 Å². The quantitative estimate of drug-likeness (QED) is 0.905. The number of aromatic nitrogens is 2. The molecule has 1 saturated heterocycles. The molecule has 24 heavy (non-hydrogen) atoms. The first kappa shape index (κ1) is 16.8. The number of hydrogen-bond acceptors (Lipinski definition) is 3. The van der Waals surface area contributed by atoms with Crippen LogP contribution in [-0.4, -0.2) is 39.6 Å². The summed E-state index contributed by atoms with van der Waals surface area (Å²) < 4.78 is 1.54. The summed E-state index contributed by atoms with van der Waals surface area (Å²) in [5.74, 6) is -0.564. The Morgan fingerprint density at radius 3 is 2.54 bits per heavy atom. The molecule has 1 aliphatic rings. The standard InChI is InChI=1S/C16H16Cl2N4O2/c17-12-1-2-14(13(18)7-12)22-9-11(8-20-22)16(24)21-5-3-10(4-6-21)15(19)23/h1-2,7-10H,3-6H2,(H2,19,23). The maximum atomic E-state index is 12.6. The average Bonchev–Trinajstić information content (AvgIpc) is 3.04. The van der Waals surface area contributed by atoms with Gasteiger partial charge in [0.1, 0.15) is 0 Å². The van der Waals surface area contributed by atoms with Gasteiger partial charge in [-0.2, -0.15) is 5.10 Å². The number of nitrogens with zero attached hydrogens (tertiary/aromatic N) is 3. The van der Waals surface area contributed by atoms with Crippen LogP contribution in [0.1, 0.15) is 23.2 Å². The van der Waals surface area contributed by atoms with Gasteiger partial charge >= 0.3 is 0 Å². The molecule has 2 aromatic rings. The van der Waals surface area contributed by atoms with Crippen LogP contribution in [0.5, 0.6) is 0 Å². The fourth-order valence-electron chi connectivity index (χ4n) is 2.78. The van der Waals surface area contributed by atoms with E-state index in [1.54, 1.807) is 34.0 Å². The zero-order valence-electron chi connectivity index (χ0n) is 12.8. The van der Waals surface area contributed by atoms with Crippen molar-refractivity contribution >= 4 is 35.0 Å². The number of benzene rings is 1. The van der Waals surface area contributed by atoms with Gasteiger partial charge in [-0.3, -0.25) is 9.59 Å². The lowest BCUT2D eigenvalue weighted by Crippen LogP contribution is -2.41. The molecule has 0 saturated carbocycles. The first-order valence-corrected chi connectivity index (χ1v) is 8.30. The first-order chi connectivity index (χ1) is 11.5. The van der Waals surface area contributed by atoms with E-state index in [4.69, 9.17) is 28.9 Å². The fourth-order valence-corrected chi connectivity index (χ4v) is 3.28. The molecular weight excluding hydrogens is 351 g/mol. The second kappa shape index (κ2) is 6.83. The molecule has 0 aliphatic carbocycles. The van der Waals surface area contributed by atoms with Crippen molar-refractivity contribution in [3.63, 3.8) is 0 Å². The lowest BCUT2D eigenvalue weighted by Gasteiger charge is -2.30. The van der Waals surface area contributed by atoms with Crippen molar-refractivity contribution in [1.29, 1.82) is 0 Å². The molecule has 0 atom stereocenters. The normalized spacial score (nSPS) is 15.5. The van der Waals surface area contributed by atoms with Gasteiger partial charge in [0.25, 0.3) is 5.91 Å². The molecule has 2 amide bonds. The number of carbonyl (C=O) groups is 2. The number of piperidine rings is 1. The van der Waals surface area contributed by atoms with Crippen LogP contribution in [0, 0.1) is 5.92 Å². The van der Waals surface area contributed by atoms with E-state index >= 15 is 0 Å². The van der Waals surface area contributed by atoms with E-state index in [-0.39, 0.29) is 17.7 Å². The molecule has 2 heterocycles. The molecule has 1 aliphatic heterocycles. The summed E-state index contributed by atoms with van der Waals surface area (Å²) in [4.78, 5) is 25.5. The third-order valence-electron chi connectivity index (χ3n) is 4.17. The molecule has 126 valence electrons. The number of halogens is 2. The summed E-state index contributed by atoms with van der Waals surface area (Å²) in [6, 6.07) is 5.07. The highest BCUT2D eigenvalue weighted by Gasteiger charge is 2.27. The Labute approximate surface area is 149 Å². The molecule has 1 aromatic carbocycles. The largest absolute Gasteiger partial charge is 0.369 e. The molecule has 2 N–H and O–H groups in total. The topological polar surface area (TPSA) is 81.2 Å². The minimum absolute atomic E-state index is 0.116. The van der Waals surface area contributed by atoms with Crippen LogP contribution < -0.4 is 5.73 Å². The maximum absolute atomic E-state index is 12.6. The molecule has 0 unspecified atom stereocenters. The van der Waals surface area contributed by atoms with Crippen molar-refractivity contribution < 1.29 is 9.59 Å². The van der Waals surface area contributed by atoms with Crippen LogP contribution in [0.25, 0.3) is 5.69 Å². The SMILES string of the molecule is NC(=O)C1CCN(C(=O)c2cnn(-c3ccc(Cl)cc3Cl)c2)CC1. The van der Waals surface area contributed by atoms with E-state index in [9.17, 15) is 9.59 Å². The van der Waals surface area contributed by atoms with E-state index in [0.29, 0.717) is 47.2 Å². The number of carbonyl (C=O) groups excluding carboxylic acids is 2. The highest BCUT2D eigenvalue weighted by molar-refractivity contribution is 6.35. The summed E-state index contributed by atoms with van der Waals surface area (Å²) in [7, 11) is 0. The van der Waals surface area contributed by atoms with Crippen molar-refractivity contribution in [2.24, 2.45) is 11.7 Å². The summed E-state index contributed by atoms with van der Waals surface area (Å²) in [5, 5.41) is 5.19. The van der Waals surface area contributed by atoms with E-state index < -0.39 is 0 Å². The maximum Gasteiger partial charge on any atom is 0.257 e. The van der Waals surface area contributed by atoms with Crippen molar-refractivity contribution in [3.8, 4) is 5.69 Å². The Bertz CT molecular complexity index is 782. The molecule has 3 rings (SSSR count). The minimum Gasteiger partial charge on any atom is -0.369 e. The predicted molar refractivity (Wildman–Crippen MR) is 91.4 cm³/mol. The third kappa shape index (κ3) is 3.39. The van der Waals surface area contributed by atoms with E-state index in [0.717, 1.165) is 0 Å². The van der Waals surface area contributed by atoms with E-state index in [1.807, 2.05) is 0 Å². The number of likely N-dealkylation sites (tertiary alicyclic amines) is 1. The summed E-state index contributed by atoms with van der Waals surface area (Å²) >= 11 is 12.1. The Morgan fingerprint density at radius 1 is 1.21 bits per heavy atom. The molecule has 1 aromatic heterocycles. The van der Waals surface area contributed by atoms with Crippen LogP contribution in [0.3, 0.4) is 0 Å². The fraction of sp³-hybridized carbons (Fsp3) is 0.312. The van der Waals surface area contributed by atoms with Crippen molar-refractivity contribution in [2.75, 3.05) is 13.1 Å². The van der Waals surface area contributed by atoms with Gasteiger partial charge in [0.2, 0.25) is 5.91 Å². The Hall–Kier alpha value is -2.05. The molecule has 6 nitrogen and oxygen atoms in total. The zero-order valence-corrected chi connectivity index (χ0v) is 14.3. The smallest absolute Gasteiger partial charge is 0.257 e. The lowest BCUT2D eigenvalue weighted by atomic mass is 9.96. The lowest BCUT2D eigenvalue weighted by molar-refractivity contribution is -0.123. The van der Waals surface area contributed by atoms with Gasteiger partial charge in [-0.1, -0.05) is 23.2 Å². The van der Waals surface area contributed by atoms with Gasteiger partial charge in [0.05, 0.1) is 22.5 Å². The van der Waals surface area contributed by atoms with Crippen molar-refractivity contribution in [2.45, 2.75) is 12.8 Å². The Morgan fingerprint density at radius 2 is 1.92 bits per heavy atom. The van der Waals surface area contributed by atoms with Gasteiger partial charge in [-0.05, 0) is 31.0 Å². The third-order valence-corrected chi connectivity index (χ3v) is 4.71. The molecule has 8 heteroatoms. The second-order valence-corrected chi connectivity index (χ2v) is 6.58. The van der Waals surface area contributed by atoms with Gasteiger partial charge in [0, 0.05) is 30.2 Å². The predicted octanol–water partition coefficient (Wildman–Crippen LogP) is 2.52. The summed E-state index contributed by atoms with van der Waals surface area (Å²) in [6.45, 7) is 1.03. The minimum atomic E-state index is -0.299. The van der Waals surface area contributed by atoms with Gasteiger partial charge < -0.3 is 10.6 Å². The van der Waals surface area contributed by atoms with Gasteiger partial charge in [-0.15, -0.1) is 0 Å². The van der Waals surface area contributed by atoms with E-state index in [2.05, 4.69) is 5.10 Å². The highest BCUT2D eigenvalue weighted by Crippen LogP contribution is 2.24. The summed E-state index contributed by atoms with van der Waals surface area (Å²) in [5.41, 5.74) is 6.43. The van der Waals surface area contributed by atoms with Crippen molar-refractivity contribution in [1.82, 2.24) is 14.7 Å². The number of nitrogens with two attached hydrogens (primary N) is 1. The molecule has 0 spiro atoms. The Balaban J connectivity index is 1.74. The molecule has 1 fully saturated rings. The van der Waals surface area contributed by atoms with Crippen LogP contribution in [-0.2, 0) is 4.79 Å². The van der Waals surface area contributed by atoms with Gasteiger partial charge in [0.15, 0.2) is 0 Å². The first-order valence-electron chi connectivity index (χ1n) is 7.54. The van der Waals surface area contributed by atoms with Crippen LogP contribution >= 0.6 is 23.2 Å². The Kier molecular flexibility index (Phi) is 4.78. The number of primary amides is 1. The number of hydrogen-bond donors (Lipinski definition) is 1. The highest BCUT2D eigenvalue weighted by atomic mass is 35.5. The van der Waals surface area contributed by atoms with Crippen LogP contribution in [0.4, 0.5) is 0 Å². The van der Waals surface area contributed by atoms with Crippen LogP contribution in [0.15, 0.2) is 30.6 Å². The zero-order chi connectivity index (χ0) is 17.3. The average molecular weight is 367 g/mol. The number of rotatable bonds is 3. The van der Waals surface area contributed by atoms with Gasteiger partial charge in [-0.25, -0.2) is 4.68 Å². The second-order valence-electron chi connectivity index (χ2n) is 5.74. The monoisotopic (exact) mass is 366 g/mol. The van der Waals surface area contributed by atoms with E-state index in [1.165, 1.54) is 6.20 Å². The molecule has 0 radical (unpaired) electrons. The molecular formula is C16H16Cl2N4O2. The summed E-state index contributed by atoms with van der Waals surface area (Å²) in [6.07, 6.45) is 4.33. The molecule has 0 bridgehead atoms. The van der Waals surface area contributed by atoms with Crippen molar-refractivity contribution in [3.05, 3.63) is 46.2 Å². The number of amides is 2.